The zero-order chi connectivity index (χ0) is 19.2. The summed E-state index contributed by atoms with van der Waals surface area (Å²) >= 11 is 7.21. The molecule has 1 aliphatic heterocycles. The van der Waals surface area contributed by atoms with E-state index in [1.807, 2.05) is 29.2 Å². The van der Waals surface area contributed by atoms with Gasteiger partial charge in [-0.25, -0.2) is 9.78 Å². The highest BCUT2D eigenvalue weighted by atomic mass is 35.5. The van der Waals surface area contributed by atoms with Crippen LogP contribution in [0.5, 0.6) is 0 Å². The first kappa shape index (κ1) is 19.4. The Bertz CT molecular complexity index is 788. The minimum absolute atomic E-state index is 0.0405. The maximum Gasteiger partial charge on any atom is 0.413 e. The summed E-state index contributed by atoms with van der Waals surface area (Å²) in [6, 6.07) is 7.73. The van der Waals surface area contributed by atoms with E-state index in [0.717, 1.165) is 18.8 Å². The Kier molecular flexibility index (Phi) is 6.52. The molecule has 0 aliphatic carbocycles. The number of thiazole rings is 1. The number of carbonyl (C=O) groups is 2. The third-order valence-corrected chi connectivity index (χ3v) is 5.25. The number of carbonyl (C=O) groups excluding carboxylic acids is 2. The molecule has 1 aliphatic rings. The molecular weight excluding hydrogens is 388 g/mol. The predicted molar refractivity (Wildman–Crippen MR) is 107 cm³/mol. The molecule has 0 unspecified atom stereocenters. The number of halogens is 1. The van der Waals surface area contributed by atoms with Gasteiger partial charge in [-0.15, -0.1) is 11.3 Å². The van der Waals surface area contributed by atoms with Crippen LogP contribution in [-0.2, 0) is 16.0 Å². The highest BCUT2D eigenvalue weighted by Gasteiger charge is 2.22. The van der Waals surface area contributed by atoms with Crippen LogP contribution in [0.15, 0.2) is 29.6 Å². The smallest absolute Gasteiger partial charge is 0.413 e. The minimum Gasteiger partial charge on any atom is -0.450 e. The first-order valence-electron chi connectivity index (χ1n) is 8.71. The number of hydrogen-bond donors (Lipinski definition) is 1. The van der Waals surface area contributed by atoms with Gasteiger partial charge in [0.25, 0.3) is 0 Å². The number of aromatic nitrogens is 1. The Morgan fingerprint density at radius 2 is 1.93 bits per heavy atom. The SMILES string of the molecule is CCOC(=O)Nc1nc(CC(=O)N2CCN(c3ccc(Cl)cc3)CC2)cs1. The van der Waals surface area contributed by atoms with Crippen molar-refractivity contribution in [1.82, 2.24) is 9.88 Å². The fraction of sp³-hybridized carbons (Fsp3) is 0.389. The zero-order valence-corrected chi connectivity index (χ0v) is 16.6. The lowest BCUT2D eigenvalue weighted by atomic mass is 10.2. The second kappa shape index (κ2) is 9.05. The summed E-state index contributed by atoms with van der Waals surface area (Å²) < 4.78 is 4.81. The molecule has 0 atom stereocenters. The Morgan fingerprint density at radius 1 is 1.22 bits per heavy atom. The molecule has 2 heterocycles. The van der Waals surface area contributed by atoms with Gasteiger partial charge in [0.15, 0.2) is 5.13 Å². The molecule has 7 nitrogen and oxygen atoms in total. The number of ether oxygens (including phenoxy) is 1. The van der Waals surface area contributed by atoms with Gasteiger partial charge in [0.1, 0.15) is 0 Å². The number of hydrogen-bond acceptors (Lipinski definition) is 6. The molecule has 0 radical (unpaired) electrons. The molecule has 1 aromatic carbocycles. The van der Waals surface area contributed by atoms with Gasteiger partial charge in [0, 0.05) is 42.3 Å². The molecule has 0 spiro atoms. The van der Waals surface area contributed by atoms with Crippen molar-refractivity contribution in [2.75, 3.05) is 43.0 Å². The summed E-state index contributed by atoms with van der Waals surface area (Å²) in [6.07, 6.45) is -0.315. The van der Waals surface area contributed by atoms with Gasteiger partial charge in [-0.05, 0) is 31.2 Å². The van der Waals surface area contributed by atoms with Gasteiger partial charge in [-0.1, -0.05) is 11.6 Å². The summed E-state index contributed by atoms with van der Waals surface area (Å²) in [6.45, 7) is 4.92. The molecule has 1 N–H and O–H groups in total. The van der Waals surface area contributed by atoms with Crippen LogP contribution in [0.4, 0.5) is 15.6 Å². The van der Waals surface area contributed by atoms with Crippen molar-refractivity contribution < 1.29 is 14.3 Å². The standard InChI is InChI=1S/C18H21ClN4O3S/c1-2-26-18(25)21-17-20-14(12-27-17)11-16(24)23-9-7-22(8-10-23)15-5-3-13(19)4-6-15/h3-6,12H,2,7-11H2,1H3,(H,20,21,25). The van der Waals surface area contributed by atoms with Crippen molar-refractivity contribution >= 4 is 45.8 Å². The maximum absolute atomic E-state index is 12.5. The van der Waals surface area contributed by atoms with Crippen LogP contribution in [-0.4, -0.2) is 54.7 Å². The van der Waals surface area contributed by atoms with Crippen molar-refractivity contribution in [2.45, 2.75) is 13.3 Å². The number of benzene rings is 1. The van der Waals surface area contributed by atoms with Crippen molar-refractivity contribution in [2.24, 2.45) is 0 Å². The van der Waals surface area contributed by atoms with E-state index in [4.69, 9.17) is 16.3 Å². The van der Waals surface area contributed by atoms with E-state index in [1.54, 1.807) is 12.3 Å². The summed E-state index contributed by atoms with van der Waals surface area (Å²) in [5.74, 6) is 0.0405. The lowest BCUT2D eigenvalue weighted by Gasteiger charge is -2.36. The molecule has 0 saturated carbocycles. The highest BCUT2D eigenvalue weighted by molar-refractivity contribution is 7.13. The fourth-order valence-electron chi connectivity index (χ4n) is 2.83. The monoisotopic (exact) mass is 408 g/mol. The maximum atomic E-state index is 12.5. The number of amides is 2. The Balaban J connectivity index is 1.49. The number of nitrogens with zero attached hydrogens (tertiary/aromatic N) is 3. The predicted octanol–water partition coefficient (Wildman–Crippen LogP) is 3.26. The first-order chi connectivity index (χ1) is 13.0. The van der Waals surface area contributed by atoms with Crippen molar-refractivity contribution in [1.29, 1.82) is 0 Å². The van der Waals surface area contributed by atoms with Crippen LogP contribution in [0, 0.1) is 0 Å². The summed E-state index contributed by atoms with van der Waals surface area (Å²) in [5.41, 5.74) is 1.76. The Hall–Kier alpha value is -2.32. The molecule has 1 aromatic heterocycles. The largest absolute Gasteiger partial charge is 0.450 e. The third-order valence-electron chi connectivity index (χ3n) is 4.19. The molecule has 27 heavy (non-hydrogen) atoms. The van der Waals surface area contributed by atoms with Crippen molar-refractivity contribution in [3.63, 3.8) is 0 Å². The third kappa shape index (κ3) is 5.33. The van der Waals surface area contributed by atoms with Gasteiger partial charge in [-0.3, -0.25) is 10.1 Å². The van der Waals surface area contributed by atoms with Gasteiger partial charge in [0.05, 0.1) is 18.7 Å². The molecule has 2 aromatic rings. The van der Waals surface area contributed by atoms with Gasteiger partial charge in [0.2, 0.25) is 5.91 Å². The summed E-state index contributed by atoms with van der Waals surface area (Å²) in [7, 11) is 0. The minimum atomic E-state index is -0.539. The lowest BCUT2D eigenvalue weighted by Crippen LogP contribution is -2.49. The zero-order valence-electron chi connectivity index (χ0n) is 15.0. The average Bonchev–Trinajstić information content (AvgIpc) is 3.09. The van der Waals surface area contributed by atoms with Crippen molar-refractivity contribution in [3.8, 4) is 0 Å². The van der Waals surface area contributed by atoms with Gasteiger partial charge in [-0.2, -0.15) is 0 Å². The van der Waals surface area contributed by atoms with Crippen LogP contribution < -0.4 is 10.2 Å². The first-order valence-corrected chi connectivity index (χ1v) is 9.97. The molecule has 1 saturated heterocycles. The van der Waals surface area contributed by atoms with Crippen LogP contribution in [0.3, 0.4) is 0 Å². The molecule has 1 fully saturated rings. The average molecular weight is 409 g/mol. The van der Waals surface area contributed by atoms with Crippen molar-refractivity contribution in [3.05, 3.63) is 40.4 Å². The number of piperazine rings is 1. The van der Waals surface area contributed by atoms with E-state index in [0.29, 0.717) is 35.5 Å². The topological polar surface area (TPSA) is 74.8 Å². The Labute approximate surface area is 166 Å². The number of nitrogens with one attached hydrogen (secondary N) is 1. The van der Waals surface area contributed by atoms with E-state index in [1.165, 1.54) is 11.3 Å². The van der Waals surface area contributed by atoms with Crippen LogP contribution >= 0.6 is 22.9 Å². The second-order valence-corrected chi connectivity index (χ2v) is 7.31. The molecule has 0 bridgehead atoms. The normalized spacial score (nSPS) is 14.1. The van der Waals surface area contributed by atoms with Crippen LogP contribution in [0.1, 0.15) is 12.6 Å². The van der Waals surface area contributed by atoms with E-state index in [2.05, 4.69) is 15.2 Å². The van der Waals surface area contributed by atoms with Gasteiger partial charge >= 0.3 is 6.09 Å². The highest BCUT2D eigenvalue weighted by Crippen LogP contribution is 2.20. The quantitative estimate of drug-likeness (QED) is 0.821. The van der Waals surface area contributed by atoms with E-state index in [-0.39, 0.29) is 12.3 Å². The molecule has 2 amide bonds. The van der Waals surface area contributed by atoms with Crippen LogP contribution in [0.2, 0.25) is 5.02 Å². The molecule has 144 valence electrons. The van der Waals surface area contributed by atoms with E-state index >= 15 is 0 Å². The molecule has 9 heteroatoms. The van der Waals surface area contributed by atoms with Crippen LogP contribution in [0.25, 0.3) is 0 Å². The molecule has 3 rings (SSSR count). The number of rotatable bonds is 5. The lowest BCUT2D eigenvalue weighted by molar-refractivity contribution is -0.130. The second-order valence-electron chi connectivity index (χ2n) is 6.01. The number of anilines is 2. The summed E-state index contributed by atoms with van der Waals surface area (Å²) in [4.78, 5) is 32.3. The van der Waals surface area contributed by atoms with E-state index in [9.17, 15) is 9.59 Å². The van der Waals surface area contributed by atoms with E-state index < -0.39 is 6.09 Å². The summed E-state index contributed by atoms with van der Waals surface area (Å²) in [5, 5.41) is 5.48. The van der Waals surface area contributed by atoms with Gasteiger partial charge < -0.3 is 14.5 Å². The Morgan fingerprint density at radius 3 is 2.59 bits per heavy atom. The fourth-order valence-corrected chi connectivity index (χ4v) is 3.65. The molecular formula is C18H21ClN4O3S.